The molecule has 0 heterocycles. The fraction of sp³-hybridized carbons (Fsp3) is 0.222. The Hall–Kier alpha value is -1.49. The van der Waals surface area contributed by atoms with E-state index in [1.54, 1.807) is 7.11 Å². The van der Waals surface area contributed by atoms with Gasteiger partial charge in [-0.3, -0.25) is 0 Å². The van der Waals surface area contributed by atoms with Gasteiger partial charge in [-0.05, 0) is 51.3 Å². The molecule has 1 N–H and O–H groups in total. The molecule has 0 aliphatic rings. The van der Waals surface area contributed by atoms with Crippen molar-refractivity contribution in [2.24, 2.45) is 0 Å². The highest BCUT2D eigenvalue weighted by atomic mass is 79.9. The van der Waals surface area contributed by atoms with E-state index in [0.717, 1.165) is 28.7 Å². The number of ether oxygens (including phenoxy) is 2. The highest BCUT2D eigenvalue weighted by Crippen LogP contribution is 2.37. The zero-order valence-electron chi connectivity index (χ0n) is 12.9. The Morgan fingerprint density at radius 2 is 1.96 bits per heavy atom. The summed E-state index contributed by atoms with van der Waals surface area (Å²) in [5.74, 6) is 1.39. The van der Waals surface area contributed by atoms with Crippen LogP contribution < -0.4 is 14.8 Å². The summed E-state index contributed by atoms with van der Waals surface area (Å²) < 4.78 is 12.2. The van der Waals surface area contributed by atoms with Crippen molar-refractivity contribution in [1.29, 1.82) is 0 Å². The van der Waals surface area contributed by atoms with Gasteiger partial charge in [0.15, 0.2) is 11.5 Å². The van der Waals surface area contributed by atoms with Gasteiger partial charge in [-0.25, -0.2) is 0 Å². The minimum Gasteiger partial charge on any atom is -0.493 e. The smallest absolute Gasteiger partial charge is 0.175 e. The van der Waals surface area contributed by atoms with Crippen molar-refractivity contribution in [3.05, 3.63) is 69.7 Å². The first-order valence-corrected chi connectivity index (χ1v) is 8.36. The molecule has 2 aromatic carbocycles. The molecule has 0 atom stereocenters. The first kappa shape index (κ1) is 17.9. The van der Waals surface area contributed by atoms with Gasteiger partial charge in [0.2, 0.25) is 0 Å². The molecule has 0 saturated heterocycles. The summed E-state index contributed by atoms with van der Waals surface area (Å²) in [6.07, 6.45) is 1.83. The van der Waals surface area contributed by atoms with Gasteiger partial charge in [0, 0.05) is 18.1 Å². The second kappa shape index (κ2) is 8.96. The van der Waals surface area contributed by atoms with E-state index in [-0.39, 0.29) is 0 Å². The van der Waals surface area contributed by atoms with Crippen LogP contribution in [0.2, 0.25) is 5.02 Å². The Labute approximate surface area is 150 Å². The Morgan fingerprint density at radius 3 is 2.61 bits per heavy atom. The molecule has 0 saturated carbocycles. The van der Waals surface area contributed by atoms with Crippen LogP contribution in [0.3, 0.4) is 0 Å². The lowest BCUT2D eigenvalue weighted by Crippen LogP contribution is -2.12. The summed E-state index contributed by atoms with van der Waals surface area (Å²) in [5, 5.41) is 3.98. The van der Waals surface area contributed by atoms with E-state index >= 15 is 0 Å². The van der Waals surface area contributed by atoms with E-state index < -0.39 is 0 Å². The van der Waals surface area contributed by atoms with Gasteiger partial charge < -0.3 is 14.8 Å². The van der Waals surface area contributed by atoms with Gasteiger partial charge in [-0.1, -0.05) is 29.8 Å². The summed E-state index contributed by atoms with van der Waals surface area (Å²) >= 11 is 9.45. The number of halogens is 2. The fourth-order valence-corrected chi connectivity index (χ4v) is 2.80. The monoisotopic (exact) mass is 395 g/mol. The van der Waals surface area contributed by atoms with Crippen LogP contribution in [-0.4, -0.2) is 13.7 Å². The number of benzene rings is 2. The second-order valence-corrected chi connectivity index (χ2v) is 6.23. The van der Waals surface area contributed by atoms with Crippen molar-refractivity contribution in [2.45, 2.75) is 13.2 Å². The Morgan fingerprint density at radius 1 is 1.22 bits per heavy atom. The van der Waals surface area contributed by atoms with Crippen LogP contribution in [0.5, 0.6) is 11.5 Å². The lowest BCUT2D eigenvalue weighted by molar-refractivity contribution is 0.282. The molecule has 0 bridgehead atoms. The Balaban J connectivity index is 2.10. The maximum atomic E-state index is 5.91. The van der Waals surface area contributed by atoms with E-state index in [1.165, 1.54) is 0 Å². The number of rotatable bonds is 8. The third-order valence-electron chi connectivity index (χ3n) is 3.20. The maximum absolute atomic E-state index is 5.91. The molecule has 0 aromatic heterocycles. The SMILES string of the molecule is C=CCNCc1cc(Br)c(OCc2ccc(Cl)cc2)c(OC)c1. The third-order valence-corrected chi connectivity index (χ3v) is 4.04. The predicted octanol–water partition coefficient (Wildman–Crippen LogP) is 4.97. The highest BCUT2D eigenvalue weighted by Gasteiger charge is 2.12. The van der Waals surface area contributed by atoms with Gasteiger partial charge in [0.05, 0.1) is 11.6 Å². The Kier molecular flexibility index (Phi) is 6.96. The average molecular weight is 397 g/mol. The van der Waals surface area contributed by atoms with Crippen molar-refractivity contribution in [2.75, 3.05) is 13.7 Å². The third kappa shape index (κ3) is 5.27. The van der Waals surface area contributed by atoms with Crippen LogP contribution in [0, 0.1) is 0 Å². The molecule has 0 aliphatic heterocycles. The Bertz CT molecular complexity index is 659. The summed E-state index contributed by atoms with van der Waals surface area (Å²) in [4.78, 5) is 0. The molecule has 0 amide bonds. The van der Waals surface area contributed by atoms with Gasteiger partial charge in [0.25, 0.3) is 0 Å². The van der Waals surface area contributed by atoms with E-state index in [1.807, 2.05) is 42.5 Å². The normalized spacial score (nSPS) is 10.4. The molecule has 5 heteroatoms. The minimum atomic E-state index is 0.445. The fourth-order valence-electron chi connectivity index (χ4n) is 2.07. The van der Waals surface area contributed by atoms with E-state index in [2.05, 4.69) is 27.8 Å². The molecular formula is C18H19BrClNO2. The number of hydrogen-bond acceptors (Lipinski definition) is 3. The standard InChI is InChI=1S/C18H19BrClNO2/c1-3-8-21-11-14-9-16(19)18(17(10-14)22-2)23-12-13-4-6-15(20)7-5-13/h3-7,9-10,21H,1,8,11-12H2,2H3. The number of methoxy groups -OCH3 is 1. The summed E-state index contributed by atoms with van der Waals surface area (Å²) in [7, 11) is 1.64. The van der Waals surface area contributed by atoms with Gasteiger partial charge in [0.1, 0.15) is 6.61 Å². The lowest BCUT2D eigenvalue weighted by Gasteiger charge is -2.15. The molecule has 3 nitrogen and oxygen atoms in total. The van der Waals surface area contributed by atoms with Crippen molar-refractivity contribution < 1.29 is 9.47 Å². The van der Waals surface area contributed by atoms with Gasteiger partial charge >= 0.3 is 0 Å². The lowest BCUT2D eigenvalue weighted by atomic mass is 10.2. The first-order valence-electron chi connectivity index (χ1n) is 7.19. The van der Waals surface area contributed by atoms with Crippen molar-refractivity contribution in [1.82, 2.24) is 5.32 Å². The van der Waals surface area contributed by atoms with E-state index in [9.17, 15) is 0 Å². The molecule has 2 rings (SSSR count). The number of nitrogens with one attached hydrogen (secondary N) is 1. The quantitative estimate of drug-likeness (QED) is 0.505. The van der Waals surface area contributed by atoms with Crippen LogP contribution in [0.4, 0.5) is 0 Å². The molecule has 0 aliphatic carbocycles. The molecule has 0 unspecified atom stereocenters. The van der Waals surface area contributed by atoms with Crippen LogP contribution >= 0.6 is 27.5 Å². The second-order valence-electron chi connectivity index (χ2n) is 4.94. The summed E-state index contributed by atoms with van der Waals surface area (Å²) in [5.41, 5.74) is 2.15. The van der Waals surface area contributed by atoms with E-state index in [0.29, 0.717) is 23.1 Å². The molecular weight excluding hydrogens is 378 g/mol. The minimum absolute atomic E-state index is 0.445. The zero-order chi connectivity index (χ0) is 16.7. The van der Waals surface area contributed by atoms with Crippen molar-refractivity contribution in [3.8, 4) is 11.5 Å². The van der Waals surface area contributed by atoms with Crippen LogP contribution in [-0.2, 0) is 13.2 Å². The van der Waals surface area contributed by atoms with Crippen molar-refractivity contribution in [3.63, 3.8) is 0 Å². The summed E-state index contributed by atoms with van der Waals surface area (Å²) in [6.45, 7) is 5.63. The molecule has 23 heavy (non-hydrogen) atoms. The van der Waals surface area contributed by atoms with Gasteiger partial charge in [-0.2, -0.15) is 0 Å². The van der Waals surface area contributed by atoms with Crippen LogP contribution in [0.25, 0.3) is 0 Å². The molecule has 122 valence electrons. The zero-order valence-corrected chi connectivity index (χ0v) is 15.3. The molecule has 0 radical (unpaired) electrons. The molecule has 2 aromatic rings. The van der Waals surface area contributed by atoms with Gasteiger partial charge in [-0.15, -0.1) is 6.58 Å². The predicted molar refractivity (Wildman–Crippen MR) is 98.4 cm³/mol. The average Bonchev–Trinajstić information content (AvgIpc) is 2.55. The number of hydrogen-bond donors (Lipinski definition) is 1. The van der Waals surface area contributed by atoms with Crippen molar-refractivity contribution >= 4 is 27.5 Å². The highest BCUT2D eigenvalue weighted by molar-refractivity contribution is 9.10. The van der Waals surface area contributed by atoms with Crippen LogP contribution in [0.15, 0.2) is 53.5 Å². The molecule has 0 fully saturated rings. The maximum Gasteiger partial charge on any atom is 0.175 e. The topological polar surface area (TPSA) is 30.5 Å². The van der Waals surface area contributed by atoms with E-state index in [4.69, 9.17) is 21.1 Å². The van der Waals surface area contributed by atoms with Crippen LogP contribution in [0.1, 0.15) is 11.1 Å². The first-order chi connectivity index (χ1) is 11.1. The molecule has 0 spiro atoms. The summed E-state index contributed by atoms with van der Waals surface area (Å²) in [6, 6.07) is 11.6. The largest absolute Gasteiger partial charge is 0.493 e.